The molecule has 16 nitrogen and oxygen atoms in total. The van der Waals surface area contributed by atoms with Crippen molar-refractivity contribution in [2.75, 3.05) is 105 Å². The zero-order valence-corrected chi connectivity index (χ0v) is 55.3. The summed E-state index contributed by atoms with van der Waals surface area (Å²) in [6.45, 7) is 17.3. The van der Waals surface area contributed by atoms with Crippen molar-refractivity contribution in [2.24, 2.45) is 0 Å². The molecule has 494 valence electrons. The number of hydrogen-bond acceptors (Lipinski definition) is 14. The first kappa shape index (κ1) is 80.3. The van der Waals surface area contributed by atoms with E-state index in [1.165, 1.54) is 164 Å². The molecule has 0 spiro atoms. The standard InChI is InChI=1S/C68H130N4O12/c1-7-13-17-21-25-29-33-37-41-45-63(73)79-59-53-71(54-60-80-64(74)46-42-38-34-30-26-22-18-14-8-2)67(77)83-57-51-70(50-49-69(11-5)12-6)52-58-84-68(78)72(55-61-81-65(75)47-43-39-35-31-27-23-19-15-9-3)56-62-82-66(76)48-44-40-36-32-28-24-20-16-10-4/h7-62H2,1-6H3. The zero-order valence-electron chi connectivity index (χ0n) is 55.3. The van der Waals surface area contributed by atoms with Crippen LogP contribution in [-0.2, 0) is 47.6 Å². The maximum Gasteiger partial charge on any atom is 0.410 e. The average molecular weight is 1200 g/mol. The minimum atomic E-state index is -0.603. The third kappa shape index (κ3) is 53.8. The van der Waals surface area contributed by atoms with Crippen LogP contribution >= 0.6 is 0 Å². The summed E-state index contributed by atoms with van der Waals surface area (Å²) in [5.74, 6) is -1.18. The number of rotatable bonds is 63. The highest BCUT2D eigenvalue weighted by atomic mass is 16.6. The van der Waals surface area contributed by atoms with Crippen molar-refractivity contribution in [3.05, 3.63) is 0 Å². The molecule has 0 aromatic rings. The monoisotopic (exact) mass is 1190 g/mol. The molecule has 0 fully saturated rings. The van der Waals surface area contributed by atoms with E-state index in [-0.39, 0.29) is 89.7 Å². The predicted molar refractivity (Wildman–Crippen MR) is 341 cm³/mol. The molecule has 0 rings (SSSR count). The second kappa shape index (κ2) is 62.4. The molecule has 0 aliphatic heterocycles. The van der Waals surface area contributed by atoms with Crippen LogP contribution in [0, 0.1) is 0 Å². The summed E-state index contributed by atoms with van der Waals surface area (Å²) < 4.78 is 34.0. The van der Waals surface area contributed by atoms with E-state index >= 15 is 0 Å². The third-order valence-electron chi connectivity index (χ3n) is 15.8. The van der Waals surface area contributed by atoms with Crippen LogP contribution in [0.5, 0.6) is 0 Å². The Morgan fingerprint density at radius 1 is 0.226 bits per heavy atom. The Morgan fingerprint density at radius 3 is 0.655 bits per heavy atom. The molecule has 2 amide bonds. The topological polar surface area (TPSA) is 171 Å². The Hall–Kier alpha value is -3.66. The molecule has 0 N–H and O–H groups in total. The van der Waals surface area contributed by atoms with Crippen molar-refractivity contribution in [3.8, 4) is 0 Å². The van der Waals surface area contributed by atoms with Crippen LogP contribution in [-0.4, -0.2) is 161 Å². The average Bonchev–Trinajstić information content (AvgIpc) is 3.49. The van der Waals surface area contributed by atoms with Crippen molar-refractivity contribution in [3.63, 3.8) is 0 Å². The van der Waals surface area contributed by atoms with Crippen molar-refractivity contribution < 1.29 is 57.2 Å². The first-order valence-electron chi connectivity index (χ1n) is 34.9. The first-order valence-corrected chi connectivity index (χ1v) is 34.9. The summed E-state index contributed by atoms with van der Waals surface area (Å²) in [7, 11) is 0. The van der Waals surface area contributed by atoms with E-state index in [0.29, 0.717) is 45.3 Å². The number of amides is 2. The lowest BCUT2D eigenvalue weighted by Crippen LogP contribution is -2.42. The first-order chi connectivity index (χ1) is 41.0. The van der Waals surface area contributed by atoms with E-state index in [0.717, 1.165) is 96.7 Å². The molecule has 0 saturated heterocycles. The van der Waals surface area contributed by atoms with Crippen molar-refractivity contribution in [1.29, 1.82) is 0 Å². The lowest BCUT2D eigenvalue weighted by molar-refractivity contribution is -0.146. The Morgan fingerprint density at radius 2 is 0.429 bits per heavy atom. The van der Waals surface area contributed by atoms with Crippen molar-refractivity contribution in [1.82, 2.24) is 19.6 Å². The van der Waals surface area contributed by atoms with Crippen LogP contribution in [0.25, 0.3) is 0 Å². The van der Waals surface area contributed by atoms with Gasteiger partial charge in [-0.25, -0.2) is 9.59 Å². The highest BCUT2D eigenvalue weighted by molar-refractivity contribution is 5.71. The Kier molecular flexibility index (Phi) is 59.7. The molecule has 16 heteroatoms. The van der Waals surface area contributed by atoms with Gasteiger partial charge in [-0.1, -0.05) is 247 Å². The van der Waals surface area contributed by atoms with E-state index in [1.807, 2.05) is 0 Å². The molecular weight excluding hydrogens is 1060 g/mol. The smallest absolute Gasteiger partial charge is 0.410 e. The van der Waals surface area contributed by atoms with Gasteiger partial charge in [0.15, 0.2) is 0 Å². The number of carbonyl (C=O) groups excluding carboxylic acids is 6. The lowest BCUT2D eigenvalue weighted by atomic mass is 10.1. The van der Waals surface area contributed by atoms with Crippen LogP contribution in [0.1, 0.15) is 298 Å². The molecule has 0 heterocycles. The second-order valence-electron chi connectivity index (χ2n) is 23.3. The summed E-state index contributed by atoms with van der Waals surface area (Å²) >= 11 is 0. The Bertz CT molecular complexity index is 1350. The minimum absolute atomic E-state index is 0.000285. The summed E-state index contributed by atoms with van der Waals surface area (Å²) in [6.07, 6.45) is 41.5. The minimum Gasteiger partial charge on any atom is -0.464 e. The van der Waals surface area contributed by atoms with Crippen LogP contribution in [0.4, 0.5) is 9.59 Å². The molecule has 0 aliphatic rings. The quantitative estimate of drug-likeness (QED) is 0.0320. The third-order valence-corrected chi connectivity index (χ3v) is 15.8. The van der Waals surface area contributed by atoms with Crippen molar-refractivity contribution >= 4 is 36.1 Å². The van der Waals surface area contributed by atoms with Gasteiger partial charge in [-0.2, -0.15) is 0 Å². The van der Waals surface area contributed by atoms with E-state index in [2.05, 4.69) is 51.3 Å². The number of hydrogen-bond donors (Lipinski definition) is 0. The molecular formula is C68H130N4O12. The number of likely N-dealkylation sites (N-methyl/N-ethyl adjacent to an activating group) is 1. The van der Waals surface area contributed by atoms with Crippen molar-refractivity contribution in [2.45, 2.75) is 298 Å². The van der Waals surface area contributed by atoms with Gasteiger partial charge in [-0.15, -0.1) is 0 Å². The number of unbranched alkanes of at least 4 members (excludes halogenated alkanes) is 32. The fourth-order valence-corrected chi connectivity index (χ4v) is 10.1. The summed E-state index contributed by atoms with van der Waals surface area (Å²) in [4.78, 5) is 85.4. The van der Waals surface area contributed by atoms with Crippen LogP contribution in [0.3, 0.4) is 0 Å². The highest BCUT2D eigenvalue weighted by Crippen LogP contribution is 2.15. The van der Waals surface area contributed by atoms with Gasteiger partial charge in [0, 0.05) is 51.9 Å². The Balaban J connectivity index is 5.60. The molecule has 0 aromatic carbocycles. The molecule has 0 aromatic heterocycles. The fourth-order valence-electron chi connectivity index (χ4n) is 10.1. The number of carbonyl (C=O) groups is 6. The van der Waals surface area contributed by atoms with Crippen LogP contribution < -0.4 is 0 Å². The predicted octanol–water partition coefficient (Wildman–Crippen LogP) is 16.4. The molecule has 0 radical (unpaired) electrons. The van der Waals surface area contributed by atoms with Gasteiger partial charge in [-0.05, 0) is 38.8 Å². The van der Waals surface area contributed by atoms with Crippen LogP contribution in [0.2, 0.25) is 0 Å². The fraction of sp³-hybridized carbons (Fsp3) is 0.912. The molecule has 0 atom stereocenters. The summed E-state index contributed by atoms with van der Waals surface area (Å²) in [6, 6.07) is 0. The molecule has 84 heavy (non-hydrogen) atoms. The van der Waals surface area contributed by atoms with Gasteiger partial charge < -0.3 is 43.1 Å². The van der Waals surface area contributed by atoms with Gasteiger partial charge >= 0.3 is 36.1 Å². The van der Waals surface area contributed by atoms with Gasteiger partial charge in [0.2, 0.25) is 0 Å². The van der Waals surface area contributed by atoms with Gasteiger partial charge in [0.25, 0.3) is 0 Å². The lowest BCUT2D eigenvalue weighted by Gasteiger charge is -2.27. The van der Waals surface area contributed by atoms with Crippen LogP contribution in [0.15, 0.2) is 0 Å². The largest absolute Gasteiger partial charge is 0.464 e. The SMILES string of the molecule is CCCCCCCCCCCC(=O)OCCN(CCOC(=O)CCCCCCCCCCC)C(=O)OCCN(CCOC(=O)N(CCOC(=O)CCCCCCCCCCC)CCOC(=O)CCCCCCCCCCC)CCN(CC)CC. The maximum absolute atomic E-state index is 13.7. The number of nitrogens with zero attached hydrogens (tertiary/aromatic N) is 4. The Labute approximate surface area is 514 Å². The molecule has 0 bridgehead atoms. The molecule has 0 aliphatic carbocycles. The molecule has 0 unspecified atom stereocenters. The normalized spacial score (nSPS) is 11.3. The zero-order chi connectivity index (χ0) is 61.6. The highest BCUT2D eigenvalue weighted by Gasteiger charge is 2.21. The van der Waals surface area contributed by atoms with E-state index in [9.17, 15) is 28.8 Å². The second-order valence-corrected chi connectivity index (χ2v) is 23.3. The summed E-state index contributed by atoms with van der Waals surface area (Å²) in [5.41, 5.74) is 0. The van der Waals surface area contributed by atoms with E-state index < -0.39 is 12.2 Å². The number of ether oxygens (including phenoxy) is 6. The maximum atomic E-state index is 13.7. The number of esters is 4. The van der Waals surface area contributed by atoms with E-state index in [4.69, 9.17) is 28.4 Å². The van der Waals surface area contributed by atoms with E-state index in [1.54, 1.807) is 0 Å². The summed E-state index contributed by atoms with van der Waals surface area (Å²) in [5, 5.41) is 0. The molecule has 0 saturated carbocycles. The van der Waals surface area contributed by atoms with Gasteiger partial charge in [0.1, 0.15) is 39.6 Å². The van der Waals surface area contributed by atoms with Gasteiger partial charge in [0.05, 0.1) is 26.2 Å². The van der Waals surface area contributed by atoms with Gasteiger partial charge in [-0.3, -0.25) is 24.1 Å².